The van der Waals surface area contributed by atoms with Crippen molar-refractivity contribution in [1.29, 1.82) is 0 Å². The summed E-state index contributed by atoms with van der Waals surface area (Å²) in [5.41, 5.74) is 1.56. The molecule has 12 heavy (non-hydrogen) atoms. The molecule has 0 radical (unpaired) electrons. The van der Waals surface area contributed by atoms with Gasteiger partial charge in [-0.25, -0.2) is 0 Å². The van der Waals surface area contributed by atoms with E-state index in [-0.39, 0.29) is 0 Å². The van der Waals surface area contributed by atoms with Gasteiger partial charge in [-0.2, -0.15) is 0 Å². The number of fused-ring (bicyclic) bond motifs is 1. The first-order chi connectivity index (χ1) is 5.79. The highest BCUT2D eigenvalue weighted by Gasteiger charge is 2.67. The van der Waals surface area contributed by atoms with Crippen molar-refractivity contribution < 1.29 is 0 Å². The summed E-state index contributed by atoms with van der Waals surface area (Å²) in [6.45, 7) is 0. The number of halogens is 2. The Bertz CT molecular complexity index is 163. The second-order valence-electron chi connectivity index (χ2n) is 4.47. The van der Waals surface area contributed by atoms with Crippen LogP contribution in [0.15, 0.2) is 0 Å². The second kappa shape index (κ2) is 3.27. The number of rotatable bonds is 4. The summed E-state index contributed by atoms with van der Waals surface area (Å²) in [6.07, 6.45) is 8.86. The third-order valence-corrected chi connectivity index (χ3v) is 4.93. The van der Waals surface area contributed by atoms with Gasteiger partial charge in [0.25, 0.3) is 0 Å². The van der Waals surface area contributed by atoms with Gasteiger partial charge in [-0.15, -0.1) is 0 Å². The van der Waals surface area contributed by atoms with Gasteiger partial charge in [0.2, 0.25) is 0 Å². The molecule has 0 bridgehead atoms. The van der Waals surface area contributed by atoms with Crippen molar-refractivity contribution in [3.63, 3.8) is 0 Å². The minimum absolute atomic E-state index is 0.782. The second-order valence-corrected chi connectivity index (χ2v) is 6.05. The molecule has 0 N–H and O–H groups in total. The van der Waals surface area contributed by atoms with Crippen molar-refractivity contribution in [3.8, 4) is 0 Å². The van der Waals surface area contributed by atoms with Gasteiger partial charge in [-0.3, -0.25) is 0 Å². The van der Waals surface area contributed by atoms with E-state index in [0.717, 1.165) is 10.8 Å². The van der Waals surface area contributed by atoms with Crippen LogP contribution in [0.3, 0.4) is 0 Å². The molecular weight excluding hydrogens is 280 g/mol. The molecule has 0 heterocycles. The number of hydrogen-bond acceptors (Lipinski definition) is 0. The van der Waals surface area contributed by atoms with Crippen LogP contribution in [-0.4, -0.2) is 10.7 Å². The highest BCUT2D eigenvalue weighted by molar-refractivity contribution is 9.09. The van der Waals surface area contributed by atoms with E-state index in [1.807, 2.05) is 0 Å². The van der Waals surface area contributed by atoms with E-state index in [1.165, 1.54) is 49.2 Å². The minimum atomic E-state index is 0.782. The fourth-order valence-electron chi connectivity index (χ4n) is 3.39. The molecule has 0 aromatic heterocycles. The average Bonchev–Trinajstić information content (AvgIpc) is 2.49. The molecule has 2 atom stereocenters. The summed E-state index contributed by atoms with van der Waals surface area (Å²) < 4.78 is 0. The average molecular weight is 296 g/mol. The lowest BCUT2D eigenvalue weighted by Gasteiger charge is -2.15. The molecule has 0 amide bonds. The summed E-state index contributed by atoms with van der Waals surface area (Å²) in [7, 11) is 0. The van der Waals surface area contributed by atoms with Crippen LogP contribution in [0.25, 0.3) is 0 Å². The molecule has 2 saturated carbocycles. The van der Waals surface area contributed by atoms with Crippen molar-refractivity contribution in [2.75, 3.05) is 10.7 Å². The number of hydrogen-bond donors (Lipinski definition) is 0. The van der Waals surface area contributed by atoms with E-state index < -0.39 is 0 Å². The molecule has 2 heteroatoms. The molecule has 0 spiro atoms. The van der Waals surface area contributed by atoms with Crippen LogP contribution < -0.4 is 0 Å². The molecule has 0 aromatic rings. The quantitative estimate of drug-likeness (QED) is 0.685. The van der Waals surface area contributed by atoms with Gasteiger partial charge in [0, 0.05) is 10.7 Å². The molecule has 2 rings (SSSR count). The normalized spacial score (nSPS) is 44.5. The summed E-state index contributed by atoms with van der Waals surface area (Å²) in [5.74, 6) is 0. The zero-order chi connectivity index (χ0) is 8.66. The van der Waals surface area contributed by atoms with Gasteiger partial charge in [0.1, 0.15) is 0 Å². The maximum absolute atomic E-state index is 3.58. The first kappa shape index (κ1) is 9.51. The predicted molar refractivity (Wildman–Crippen MR) is 60.2 cm³/mol. The SMILES string of the molecule is BrCCC12CCCC1(CCBr)C2. The van der Waals surface area contributed by atoms with Crippen LogP contribution in [0.5, 0.6) is 0 Å². The zero-order valence-corrected chi connectivity index (χ0v) is 10.6. The Morgan fingerprint density at radius 3 is 1.83 bits per heavy atom. The lowest BCUT2D eigenvalue weighted by atomic mass is 9.92. The van der Waals surface area contributed by atoms with Crippen molar-refractivity contribution in [2.45, 2.75) is 38.5 Å². The molecule has 0 nitrogen and oxygen atoms in total. The Labute approximate surface area is 91.7 Å². The van der Waals surface area contributed by atoms with Crippen LogP contribution in [0, 0.1) is 10.8 Å². The van der Waals surface area contributed by atoms with Gasteiger partial charge >= 0.3 is 0 Å². The van der Waals surface area contributed by atoms with Crippen LogP contribution in [0.2, 0.25) is 0 Å². The Morgan fingerprint density at radius 2 is 1.42 bits per heavy atom. The zero-order valence-electron chi connectivity index (χ0n) is 7.41. The Kier molecular flexibility index (Phi) is 2.59. The van der Waals surface area contributed by atoms with Crippen LogP contribution in [0.4, 0.5) is 0 Å². The van der Waals surface area contributed by atoms with Gasteiger partial charge < -0.3 is 0 Å². The Balaban J connectivity index is 2.01. The van der Waals surface area contributed by atoms with Crippen molar-refractivity contribution >= 4 is 31.9 Å². The lowest BCUT2D eigenvalue weighted by Crippen LogP contribution is -2.08. The first-order valence-electron chi connectivity index (χ1n) is 4.91. The largest absolute Gasteiger partial charge is 0.0928 e. The van der Waals surface area contributed by atoms with Gasteiger partial charge in [-0.05, 0) is 42.9 Å². The smallest absolute Gasteiger partial charge is 0.00367 e. The van der Waals surface area contributed by atoms with Crippen molar-refractivity contribution in [2.24, 2.45) is 10.8 Å². The number of alkyl halides is 2. The molecular formula is C10H16Br2. The predicted octanol–water partition coefficient (Wildman–Crippen LogP) is 4.12. The van der Waals surface area contributed by atoms with Gasteiger partial charge in [-0.1, -0.05) is 38.3 Å². The summed E-state index contributed by atoms with van der Waals surface area (Å²) in [5, 5.41) is 2.41. The molecule has 2 aliphatic rings. The molecule has 2 aliphatic carbocycles. The maximum Gasteiger partial charge on any atom is 0.00367 e. The Morgan fingerprint density at radius 1 is 0.917 bits per heavy atom. The first-order valence-corrected chi connectivity index (χ1v) is 7.15. The summed E-state index contributed by atoms with van der Waals surface area (Å²) in [6, 6.07) is 0. The van der Waals surface area contributed by atoms with E-state index in [1.54, 1.807) is 0 Å². The fourth-order valence-corrected chi connectivity index (χ4v) is 4.91. The molecule has 70 valence electrons. The third kappa shape index (κ3) is 1.21. The third-order valence-electron chi connectivity index (χ3n) is 4.13. The molecule has 2 fully saturated rings. The van der Waals surface area contributed by atoms with Crippen LogP contribution in [-0.2, 0) is 0 Å². The van der Waals surface area contributed by atoms with E-state index >= 15 is 0 Å². The van der Waals surface area contributed by atoms with Crippen molar-refractivity contribution in [1.82, 2.24) is 0 Å². The summed E-state index contributed by atoms with van der Waals surface area (Å²) >= 11 is 7.17. The minimum Gasteiger partial charge on any atom is -0.0928 e. The topological polar surface area (TPSA) is 0 Å². The highest BCUT2D eigenvalue weighted by Crippen LogP contribution is 2.76. The van der Waals surface area contributed by atoms with Crippen LogP contribution in [0.1, 0.15) is 38.5 Å². The molecule has 2 unspecified atom stereocenters. The van der Waals surface area contributed by atoms with Gasteiger partial charge in [0.05, 0.1) is 0 Å². The molecule has 0 saturated heterocycles. The monoisotopic (exact) mass is 294 g/mol. The van der Waals surface area contributed by atoms with E-state index in [0.29, 0.717) is 0 Å². The molecule has 0 aromatic carbocycles. The molecule has 0 aliphatic heterocycles. The Hall–Kier alpha value is 0.960. The lowest BCUT2D eigenvalue weighted by molar-refractivity contribution is 0.373. The van der Waals surface area contributed by atoms with Crippen LogP contribution >= 0.6 is 31.9 Å². The van der Waals surface area contributed by atoms with Crippen molar-refractivity contribution in [3.05, 3.63) is 0 Å². The van der Waals surface area contributed by atoms with E-state index in [2.05, 4.69) is 31.9 Å². The maximum atomic E-state index is 3.58. The van der Waals surface area contributed by atoms with E-state index in [4.69, 9.17) is 0 Å². The summed E-state index contributed by atoms with van der Waals surface area (Å²) in [4.78, 5) is 0. The van der Waals surface area contributed by atoms with E-state index in [9.17, 15) is 0 Å². The van der Waals surface area contributed by atoms with Gasteiger partial charge in [0.15, 0.2) is 0 Å². The highest BCUT2D eigenvalue weighted by atomic mass is 79.9. The standard InChI is InChI=1S/C10H16Br2/c11-6-4-9-2-1-3-10(9,8-9)5-7-12/h1-8H2. The fraction of sp³-hybridized carbons (Fsp3) is 1.00.